The van der Waals surface area contributed by atoms with Crippen LogP contribution in [0.5, 0.6) is 0 Å². The molecule has 0 saturated carbocycles. The van der Waals surface area contributed by atoms with E-state index in [0.29, 0.717) is 0 Å². The van der Waals surface area contributed by atoms with Crippen molar-refractivity contribution in [3.63, 3.8) is 0 Å². The number of rotatable bonds is 6. The van der Waals surface area contributed by atoms with Crippen LogP contribution in [-0.2, 0) is 12.8 Å². The number of unbranched alkanes of at least 4 members (excludes halogenated alkanes) is 3. The highest BCUT2D eigenvalue weighted by molar-refractivity contribution is 5.72. The molecule has 1 heterocycles. The van der Waals surface area contributed by atoms with Gasteiger partial charge in [-0.3, -0.25) is 0 Å². The predicted octanol–water partition coefficient (Wildman–Crippen LogP) is 6.54. The van der Waals surface area contributed by atoms with Crippen LogP contribution in [0.3, 0.4) is 0 Å². The molecule has 1 aliphatic heterocycles. The number of benzene rings is 2. The van der Waals surface area contributed by atoms with Crippen LogP contribution in [-0.4, -0.2) is 6.54 Å². The van der Waals surface area contributed by atoms with Crippen molar-refractivity contribution in [1.29, 1.82) is 0 Å². The minimum Gasteiger partial charge on any atom is -0.341 e. The summed E-state index contributed by atoms with van der Waals surface area (Å²) in [7, 11) is 0. The van der Waals surface area contributed by atoms with E-state index in [1.54, 1.807) is 0 Å². The van der Waals surface area contributed by atoms with E-state index in [-0.39, 0.29) is 0 Å². The molecule has 0 N–H and O–H groups in total. The van der Waals surface area contributed by atoms with Crippen LogP contribution in [0.25, 0.3) is 6.08 Å². The first-order valence-electron chi connectivity index (χ1n) is 9.44. The lowest BCUT2D eigenvalue weighted by molar-refractivity contribution is 0.668. The molecular weight excluding hydrogens is 290 g/mol. The van der Waals surface area contributed by atoms with Gasteiger partial charge in [0.05, 0.1) is 0 Å². The smallest absolute Gasteiger partial charge is 0.0443 e. The summed E-state index contributed by atoms with van der Waals surface area (Å²) in [5.74, 6) is 0. The molecule has 0 aromatic heterocycles. The minimum absolute atomic E-state index is 1.12. The van der Waals surface area contributed by atoms with Crippen LogP contribution in [0.4, 0.5) is 11.4 Å². The number of allylic oxidation sites excluding steroid dienone is 1. The van der Waals surface area contributed by atoms with E-state index >= 15 is 0 Å². The summed E-state index contributed by atoms with van der Waals surface area (Å²) in [6.07, 6.45) is 11.8. The Labute approximate surface area is 147 Å². The van der Waals surface area contributed by atoms with E-state index < -0.39 is 0 Å². The number of aryl methyl sites for hydroxylation is 2. The third kappa shape index (κ3) is 3.72. The lowest BCUT2D eigenvalue weighted by Gasteiger charge is -2.27. The van der Waals surface area contributed by atoms with Gasteiger partial charge in [-0.05, 0) is 61.1 Å². The van der Waals surface area contributed by atoms with Crippen LogP contribution in [0.2, 0.25) is 0 Å². The summed E-state index contributed by atoms with van der Waals surface area (Å²) in [4.78, 5) is 2.56. The summed E-state index contributed by atoms with van der Waals surface area (Å²) < 4.78 is 0. The fraction of sp³-hybridized carbons (Fsp3) is 0.391. The van der Waals surface area contributed by atoms with E-state index in [0.717, 1.165) is 19.4 Å². The lowest BCUT2D eigenvalue weighted by atomic mass is 10.0. The van der Waals surface area contributed by atoms with Crippen LogP contribution in [0.15, 0.2) is 48.5 Å². The maximum Gasteiger partial charge on any atom is 0.0443 e. The van der Waals surface area contributed by atoms with Crippen molar-refractivity contribution in [3.05, 3.63) is 65.2 Å². The zero-order chi connectivity index (χ0) is 16.8. The van der Waals surface area contributed by atoms with Gasteiger partial charge in [0.2, 0.25) is 0 Å². The van der Waals surface area contributed by atoms with Gasteiger partial charge < -0.3 is 4.90 Å². The van der Waals surface area contributed by atoms with Gasteiger partial charge in [0.15, 0.2) is 0 Å². The van der Waals surface area contributed by atoms with Crippen molar-refractivity contribution in [1.82, 2.24) is 0 Å². The Morgan fingerprint density at radius 2 is 1.71 bits per heavy atom. The van der Waals surface area contributed by atoms with Gasteiger partial charge in [-0.15, -0.1) is 0 Å². The summed E-state index contributed by atoms with van der Waals surface area (Å²) >= 11 is 0. The molecule has 0 bridgehead atoms. The number of anilines is 2. The molecule has 0 radical (unpaired) electrons. The minimum atomic E-state index is 1.12. The molecule has 1 nitrogen and oxygen atoms in total. The zero-order valence-electron chi connectivity index (χ0n) is 15.1. The Balaban J connectivity index is 1.95. The number of para-hydroxylation sites is 1. The molecule has 2 aromatic carbocycles. The average Bonchev–Trinajstić information content (AvgIpc) is 2.76. The highest BCUT2D eigenvalue weighted by Gasteiger charge is 2.20. The Kier molecular flexibility index (Phi) is 5.74. The molecule has 0 spiro atoms. The topological polar surface area (TPSA) is 3.24 Å². The maximum atomic E-state index is 2.56. The van der Waals surface area contributed by atoms with Gasteiger partial charge in [0.1, 0.15) is 0 Å². The van der Waals surface area contributed by atoms with Crippen molar-refractivity contribution >= 4 is 17.5 Å². The van der Waals surface area contributed by atoms with Crippen molar-refractivity contribution in [2.24, 2.45) is 0 Å². The van der Waals surface area contributed by atoms with Crippen LogP contribution in [0, 0.1) is 0 Å². The number of hydrogen-bond donors (Lipinski definition) is 0. The molecule has 126 valence electrons. The Bertz CT molecular complexity index is 699. The summed E-state index contributed by atoms with van der Waals surface area (Å²) in [5.41, 5.74) is 7.10. The van der Waals surface area contributed by atoms with E-state index in [1.165, 1.54) is 53.7 Å². The molecule has 2 aromatic rings. The molecule has 1 aliphatic rings. The molecule has 0 unspecified atom stereocenters. The zero-order valence-corrected chi connectivity index (χ0v) is 15.1. The van der Waals surface area contributed by atoms with Gasteiger partial charge >= 0.3 is 0 Å². The van der Waals surface area contributed by atoms with Crippen molar-refractivity contribution < 1.29 is 0 Å². The van der Waals surface area contributed by atoms with E-state index in [9.17, 15) is 0 Å². The molecular formula is C23H29N. The lowest BCUT2D eigenvalue weighted by Crippen LogP contribution is -2.19. The first-order chi connectivity index (χ1) is 11.8. The second-order valence-corrected chi connectivity index (χ2v) is 6.73. The third-order valence-corrected chi connectivity index (χ3v) is 4.93. The van der Waals surface area contributed by atoms with E-state index in [2.05, 4.69) is 73.4 Å². The van der Waals surface area contributed by atoms with Gasteiger partial charge in [-0.1, -0.05) is 62.6 Å². The Morgan fingerprint density at radius 3 is 2.54 bits per heavy atom. The van der Waals surface area contributed by atoms with Crippen molar-refractivity contribution in [2.45, 2.75) is 52.4 Å². The quantitative estimate of drug-likeness (QED) is 0.547. The predicted molar refractivity (Wildman–Crippen MR) is 106 cm³/mol. The van der Waals surface area contributed by atoms with Crippen molar-refractivity contribution in [3.8, 4) is 0 Å². The summed E-state index contributed by atoms with van der Waals surface area (Å²) in [6, 6.07) is 15.9. The number of fused-ring (bicyclic) bond motifs is 2. The molecule has 0 saturated heterocycles. The Hall–Kier alpha value is -2.02. The first kappa shape index (κ1) is 16.8. The molecule has 0 fully saturated rings. The fourth-order valence-corrected chi connectivity index (χ4v) is 3.69. The highest BCUT2D eigenvalue weighted by Crippen LogP contribution is 2.36. The highest BCUT2D eigenvalue weighted by atomic mass is 15.1. The van der Waals surface area contributed by atoms with Gasteiger partial charge in [0, 0.05) is 17.9 Å². The monoisotopic (exact) mass is 319 g/mol. The van der Waals surface area contributed by atoms with E-state index in [4.69, 9.17) is 0 Å². The average molecular weight is 319 g/mol. The fourth-order valence-electron chi connectivity index (χ4n) is 3.69. The number of nitrogens with zero attached hydrogens (tertiary/aromatic N) is 1. The standard InChI is InChI=1S/C23H29N/c1-3-5-6-9-17-24-22-12-8-7-11-20(22)14-15-21-18-19(10-4-2)13-16-23(21)24/h4,7-8,10-13,16,18H,3,5-6,9,14-15,17H2,1-2H3. The molecule has 0 atom stereocenters. The van der Waals surface area contributed by atoms with E-state index in [1.807, 2.05) is 0 Å². The van der Waals surface area contributed by atoms with Crippen LogP contribution in [0.1, 0.15) is 56.2 Å². The van der Waals surface area contributed by atoms with Gasteiger partial charge in [0.25, 0.3) is 0 Å². The SMILES string of the molecule is CC=Cc1ccc2c(c1)CCc1ccccc1N2CCCCCC. The second-order valence-electron chi connectivity index (χ2n) is 6.73. The van der Waals surface area contributed by atoms with Crippen molar-refractivity contribution in [2.75, 3.05) is 11.4 Å². The summed E-state index contributed by atoms with van der Waals surface area (Å²) in [5, 5.41) is 0. The largest absolute Gasteiger partial charge is 0.341 e. The van der Waals surface area contributed by atoms with Crippen LogP contribution >= 0.6 is 0 Å². The summed E-state index contributed by atoms with van der Waals surface area (Å²) in [6.45, 7) is 5.48. The van der Waals surface area contributed by atoms with Gasteiger partial charge in [-0.25, -0.2) is 0 Å². The maximum absolute atomic E-state index is 2.56. The van der Waals surface area contributed by atoms with Crippen LogP contribution < -0.4 is 4.90 Å². The molecule has 3 rings (SSSR count). The first-order valence-corrected chi connectivity index (χ1v) is 9.44. The second kappa shape index (κ2) is 8.19. The Morgan fingerprint density at radius 1 is 0.917 bits per heavy atom. The normalized spacial score (nSPS) is 13.7. The van der Waals surface area contributed by atoms with Gasteiger partial charge in [-0.2, -0.15) is 0 Å². The molecule has 1 heteroatoms. The third-order valence-electron chi connectivity index (χ3n) is 4.93. The molecule has 0 amide bonds. The molecule has 0 aliphatic carbocycles. The number of hydrogen-bond acceptors (Lipinski definition) is 1. The molecule has 24 heavy (non-hydrogen) atoms.